The lowest BCUT2D eigenvalue weighted by atomic mass is 9.97. The molecule has 0 amide bonds. The zero-order valence-electron chi connectivity index (χ0n) is 8.94. The predicted octanol–water partition coefficient (Wildman–Crippen LogP) is 3.38. The molecule has 2 heteroatoms. The van der Waals surface area contributed by atoms with Crippen molar-refractivity contribution in [2.75, 3.05) is 0 Å². The van der Waals surface area contributed by atoms with Crippen LogP contribution in [0.2, 0.25) is 0 Å². The molecule has 1 aliphatic rings. The molecule has 1 aliphatic heterocycles. The minimum Gasteiger partial charge on any atom is -0.309 e. The molecule has 1 heterocycles. The number of fused-ring (bicyclic) bond motifs is 1. The highest BCUT2D eigenvalue weighted by atomic mass is 35.5. The van der Waals surface area contributed by atoms with Crippen LogP contribution in [-0.2, 0) is 13.1 Å². The lowest BCUT2D eigenvalue weighted by Gasteiger charge is -2.07. The van der Waals surface area contributed by atoms with Crippen LogP contribution in [0.4, 0.5) is 0 Å². The molecule has 0 saturated heterocycles. The quantitative estimate of drug-likeness (QED) is 0.794. The lowest BCUT2D eigenvalue weighted by Crippen LogP contribution is -2.00. The second-order valence-corrected chi connectivity index (χ2v) is 3.91. The summed E-state index contributed by atoms with van der Waals surface area (Å²) in [5.74, 6) is 0. The van der Waals surface area contributed by atoms with Crippen molar-refractivity contribution in [3.05, 3.63) is 59.7 Å². The van der Waals surface area contributed by atoms with Gasteiger partial charge in [0.25, 0.3) is 0 Å². The van der Waals surface area contributed by atoms with Crippen LogP contribution in [0.15, 0.2) is 48.5 Å². The Bertz CT molecular complexity index is 479. The first-order chi connectivity index (χ1) is 7.45. The monoisotopic (exact) mass is 231 g/mol. The largest absolute Gasteiger partial charge is 0.309 e. The van der Waals surface area contributed by atoms with Crippen molar-refractivity contribution >= 4 is 12.4 Å². The minimum absolute atomic E-state index is 0. The number of rotatable bonds is 1. The maximum Gasteiger partial charge on any atom is 0.0218 e. The van der Waals surface area contributed by atoms with Gasteiger partial charge in [-0.2, -0.15) is 0 Å². The third-order valence-corrected chi connectivity index (χ3v) is 2.98. The molecule has 0 radical (unpaired) electrons. The first kappa shape index (κ1) is 11.2. The molecule has 0 atom stereocenters. The Balaban J connectivity index is 0.000000963. The Morgan fingerprint density at radius 2 is 1.62 bits per heavy atom. The lowest BCUT2D eigenvalue weighted by molar-refractivity contribution is 0.765. The van der Waals surface area contributed by atoms with Crippen LogP contribution < -0.4 is 5.32 Å². The van der Waals surface area contributed by atoms with E-state index < -0.39 is 0 Å². The summed E-state index contributed by atoms with van der Waals surface area (Å²) >= 11 is 0. The zero-order valence-corrected chi connectivity index (χ0v) is 9.76. The summed E-state index contributed by atoms with van der Waals surface area (Å²) in [4.78, 5) is 0. The van der Waals surface area contributed by atoms with Crippen molar-refractivity contribution in [3.63, 3.8) is 0 Å². The first-order valence-corrected chi connectivity index (χ1v) is 5.32. The molecule has 1 N–H and O–H groups in total. The Morgan fingerprint density at radius 1 is 0.812 bits per heavy atom. The second-order valence-electron chi connectivity index (χ2n) is 3.91. The molecular weight excluding hydrogens is 218 g/mol. The molecule has 1 nitrogen and oxygen atoms in total. The van der Waals surface area contributed by atoms with Gasteiger partial charge in [0.05, 0.1) is 0 Å². The zero-order chi connectivity index (χ0) is 10.1. The van der Waals surface area contributed by atoms with Crippen molar-refractivity contribution in [3.8, 4) is 11.1 Å². The fourth-order valence-electron chi connectivity index (χ4n) is 2.22. The summed E-state index contributed by atoms with van der Waals surface area (Å²) in [5, 5.41) is 3.40. The summed E-state index contributed by atoms with van der Waals surface area (Å²) in [5.41, 5.74) is 5.59. The Kier molecular flexibility index (Phi) is 3.28. The molecule has 0 unspecified atom stereocenters. The van der Waals surface area contributed by atoms with E-state index in [0.717, 1.165) is 13.1 Å². The molecule has 0 aromatic heterocycles. The molecule has 2 aromatic carbocycles. The van der Waals surface area contributed by atoms with Crippen molar-refractivity contribution in [1.29, 1.82) is 0 Å². The number of halogens is 1. The first-order valence-electron chi connectivity index (χ1n) is 5.32. The fraction of sp³-hybridized carbons (Fsp3) is 0.143. The van der Waals surface area contributed by atoms with E-state index in [1.807, 2.05) is 0 Å². The van der Waals surface area contributed by atoms with Gasteiger partial charge in [0.2, 0.25) is 0 Å². The van der Waals surface area contributed by atoms with Crippen LogP contribution in [0, 0.1) is 0 Å². The van der Waals surface area contributed by atoms with Gasteiger partial charge in [-0.05, 0) is 22.3 Å². The van der Waals surface area contributed by atoms with Gasteiger partial charge in [-0.25, -0.2) is 0 Å². The molecule has 16 heavy (non-hydrogen) atoms. The average Bonchev–Trinajstić information content (AvgIpc) is 2.78. The normalized spacial score (nSPS) is 13.0. The maximum absolute atomic E-state index is 3.40. The van der Waals surface area contributed by atoms with Gasteiger partial charge >= 0.3 is 0 Å². The van der Waals surface area contributed by atoms with Gasteiger partial charge in [-0.3, -0.25) is 0 Å². The number of hydrogen-bond donors (Lipinski definition) is 1. The molecule has 3 rings (SSSR count). The Labute approximate surface area is 102 Å². The summed E-state index contributed by atoms with van der Waals surface area (Å²) in [6.45, 7) is 2.01. The molecule has 2 aromatic rings. The second kappa shape index (κ2) is 4.69. The van der Waals surface area contributed by atoms with Gasteiger partial charge in [0.1, 0.15) is 0 Å². The van der Waals surface area contributed by atoms with Crippen molar-refractivity contribution < 1.29 is 0 Å². The third kappa shape index (κ3) is 1.84. The molecule has 0 saturated carbocycles. The van der Waals surface area contributed by atoms with Crippen LogP contribution in [0.3, 0.4) is 0 Å². The van der Waals surface area contributed by atoms with Gasteiger partial charge in [-0.15, -0.1) is 12.4 Å². The number of benzene rings is 2. The van der Waals surface area contributed by atoms with E-state index in [-0.39, 0.29) is 12.4 Å². The van der Waals surface area contributed by atoms with E-state index in [1.54, 1.807) is 0 Å². The Hall–Kier alpha value is -1.31. The number of nitrogens with one attached hydrogen (secondary N) is 1. The molecule has 0 spiro atoms. The van der Waals surface area contributed by atoms with E-state index in [1.165, 1.54) is 22.3 Å². The van der Waals surface area contributed by atoms with Crippen LogP contribution >= 0.6 is 12.4 Å². The minimum atomic E-state index is 0. The highest BCUT2D eigenvalue weighted by Gasteiger charge is 2.13. The topological polar surface area (TPSA) is 12.0 Å². The van der Waals surface area contributed by atoms with Crippen LogP contribution in [0.25, 0.3) is 11.1 Å². The van der Waals surface area contributed by atoms with E-state index in [9.17, 15) is 0 Å². The summed E-state index contributed by atoms with van der Waals surface area (Å²) < 4.78 is 0. The molecule has 0 bridgehead atoms. The molecule has 82 valence electrons. The van der Waals surface area contributed by atoms with Crippen LogP contribution in [0.5, 0.6) is 0 Å². The summed E-state index contributed by atoms with van der Waals surface area (Å²) in [7, 11) is 0. The van der Waals surface area contributed by atoms with Crippen LogP contribution in [0.1, 0.15) is 11.1 Å². The van der Waals surface area contributed by atoms with Crippen molar-refractivity contribution in [2.24, 2.45) is 0 Å². The third-order valence-electron chi connectivity index (χ3n) is 2.98. The van der Waals surface area contributed by atoms with Gasteiger partial charge in [0, 0.05) is 13.1 Å². The van der Waals surface area contributed by atoms with E-state index >= 15 is 0 Å². The smallest absolute Gasteiger partial charge is 0.0218 e. The Morgan fingerprint density at radius 3 is 2.44 bits per heavy atom. The maximum atomic E-state index is 3.40. The highest BCUT2D eigenvalue weighted by Crippen LogP contribution is 2.28. The van der Waals surface area contributed by atoms with Gasteiger partial charge in [0.15, 0.2) is 0 Å². The van der Waals surface area contributed by atoms with E-state index in [2.05, 4.69) is 53.8 Å². The van der Waals surface area contributed by atoms with E-state index in [0.29, 0.717) is 0 Å². The highest BCUT2D eigenvalue weighted by molar-refractivity contribution is 5.85. The SMILES string of the molecule is Cl.c1ccc(-c2cccc3c2CNC3)cc1. The fourth-order valence-corrected chi connectivity index (χ4v) is 2.22. The van der Waals surface area contributed by atoms with E-state index in [4.69, 9.17) is 0 Å². The van der Waals surface area contributed by atoms with Crippen LogP contribution in [-0.4, -0.2) is 0 Å². The number of hydrogen-bond acceptors (Lipinski definition) is 1. The molecular formula is C14H14ClN. The standard InChI is InChI=1S/C14H13N.ClH/c1-2-5-11(6-3-1)13-8-4-7-12-9-15-10-14(12)13;/h1-8,15H,9-10H2;1H. The summed E-state index contributed by atoms with van der Waals surface area (Å²) in [6, 6.07) is 17.2. The molecule has 0 fully saturated rings. The predicted molar refractivity (Wildman–Crippen MR) is 69.7 cm³/mol. The van der Waals surface area contributed by atoms with Crippen molar-refractivity contribution in [2.45, 2.75) is 13.1 Å². The summed E-state index contributed by atoms with van der Waals surface area (Å²) in [6.07, 6.45) is 0. The van der Waals surface area contributed by atoms with Crippen molar-refractivity contribution in [1.82, 2.24) is 5.32 Å². The average molecular weight is 232 g/mol. The van der Waals surface area contributed by atoms with Gasteiger partial charge in [-0.1, -0.05) is 48.5 Å². The van der Waals surface area contributed by atoms with Gasteiger partial charge < -0.3 is 5.32 Å². The molecule has 0 aliphatic carbocycles.